The van der Waals surface area contributed by atoms with Crippen LogP contribution in [0.2, 0.25) is 0 Å². The second-order valence-corrected chi connectivity index (χ2v) is 6.45. The van der Waals surface area contributed by atoms with Crippen LogP contribution in [0.25, 0.3) is 11.3 Å². The standard InChI is InChI=1S/C17H21N3O2S2/c21-15(9-5-2-6-10-18-16(22)11-23)20-17-19-14(12-24-17)13-7-3-1-4-8-13/h1,3-4,7-8,12,23H,2,5-6,9-11H2,(H,18,22)(H,19,20,21). The molecule has 2 aromatic rings. The molecular formula is C17H21N3O2S2. The maximum atomic E-state index is 11.9. The molecule has 2 amide bonds. The molecule has 7 heteroatoms. The van der Waals surface area contributed by atoms with Crippen molar-refractivity contribution in [1.29, 1.82) is 0 Å². The van der Waals surface area contributed by atoms with Gasteiger partial charge in [-0.25, -0.2) is 4.98 Å². The first kappa shape index (κ1) is 18.5. The number of nitrogens with one attached hydrogen (secondary N) is 2. The van der Waals surface area contributed by atoms with Crippen LogP contribution in [0.4, 0.5) is 5.13 Å². The lowest BCUT2D eigenvalue weighted by Gasteiger charge is -2.04. The van der Waals surface area contributed by atoms with Gasteiger partial charge in [0.1, 0.15) is 0 Å². The van der Waals surface area contributed by atoms with Crippen molar-refractivity contribution in [1.82, 2.24) is 10.3 Å². The minimum absolute atomic E-state index is 0.0247. The Labute approximate surface area is 151 Å². The molecule has 0 spiro atoms. The van der Waals surface area contributed by atoms with Crippen molar-refractivity contribution < 1.29 is 9.59 Å². The molecule has 0 aliphatic rings. The van der Waals surface area contributed by atoms with Gasteiger partial charge in [-0.1, -0.05) is 36.8 Å². The first-order valence-electron chi connectivity index (χ1n) is 7.87. The van der Waals surface area contributed by atoms with Gasteiger partial charge in [0.25, 0.3) is 0 Å². The SMILES string of the molecule is O=C(CS)NCCCCCC(=O)Nc1nc(-c2ccccc2)cs1. The van der Waals surface area contributed by atoms with Gasteiger partial charge in [0.05, 0.1) is 11.4 Å². The maximum Gasteiger partial charge on any atom is 0.229 e. The van der Waals surface area contributed by atoms with Crippen molar-refractivity contribution >= 4 is 40.9 Å². The molecule has 0 saturated carbocycles. The number of thiol groups is 1. The molecule has 0 aliphatic heterocycles. The lowest BCUT2D eigenvalue weighted by Crippen LogP contribution is -2.25. The highest BCUT2D eigenvalue weighted by Crippen LogP contribution is 2.24. The molecule has 2 rings (SSSR count). The zero-order chi connectivity index (χ0) is 17.2. The Bertz CT molecular complexity index is 659. The molecule has 0 saturated heterocycles. The Kier molecular flexibility index (Phi) is 7.77. The minimum Gasteiger partial charge on any atom is -0.355 e. The third kappa shape index (κ3) is 6.33. The summed E-state index contributed by atoms with van der Waals surface area (Å²) in [4.78, 5) is 27.4. The number of benzene rings is 1. The zero-order valence-corrected chi connectivity index (χ0v) is 15.0. The van der Waals surface area contributed by atoms with Crippen molar-refractivity contribution in [3.63, 3.8) is 0 Å². The number of rotatable bonds is 9. The molecule has 128 valence electrons. The third-order valence-electron chi connectivity index (χ3n) is 3.37. The van der Waals surface area contributed by atoms with Gasteiger partial charge in [-0.15, -0.1) is 11.3 Å². The molecular weight excluding hydrogens is 342 g/mol. The number of anilines is 1. The van der Waals surface area contributed by atoms with Crippen LogP contribution in [0, 0.1) is 0 Å². The fourth-order valence-electron chi connectivity index (χ4n) is 2.13. The Morgan fingerprint density at radius 2 is 1.88 bits per heavy atom. The summed E-state index contributed by atoms with van der Waals surface area (Å²) in [5.41, 5.74) is 1.91. The number of nitrogens with zero attached hydrogens (tertiary/aromatic N) is 1. The number of carbonyl (C=O) groups is 2. The van der Waals surface area contributed by atoms with E-state index >= 15 is 0 Å². The van der Waals surface area contributed by atoms with Gasteiger partial charge in [0.15, 0.2) is 5.13 Å². The summed E-state index contributed by atoms with van der Waals surface area (Å²) in [6.45, 7) is 0.633. The van der Waals surface area contributed by atoms with E-state index < -0.39 is 0 Å². The van der Waals surface area contributed by atoms with Crippen molar-refractivity contribution in [2.75, 3.05) is 17.6 Å². The number of aromatic nitrogens is 1. The zero-order valence-electron chi connectivity index (χ0n) is 13.3. The molecule has 1 aromatic heterocycles. The highest BCUT2D eigenvalue weighted by molar-refractivity contribution is 7.81. The highest BCUT2D eigenvalue weighted by atomic mass is 32.1. The summed E-state index contributed by atoms with van der Waals surface area (Å²) in [5.74, 6) is 0.124. The van der Waals surface area contributed by atoms with Crippen LogP contribution in [-0.2, 0) is 9.59 Å². The van der Waals surface area contributed by atoms with Crippen LogP contribution in [0.5, 0.6) is 0 Å². The average Bonchev–Trinajstić information content (AvgIpc) is 3.07. The van der Waals surface area contributed by atoms with Crippen molar-refractivity contribution in [2.24, 2.45) is 0 Å². The molecule has 0 atom stereocenters. The molecule has 0 unspecified atom stereocenters. The predicted molar refractivity (Wildman–Crippen MR) is 102 cm³/mol. The maximum absolute atomic E-state index is 11.9. The predicted octanol–water partition coefficient (Wildman–Crippen LogP) is 3.36. The second kappa shape index (κ2) is 10.1. The second-order valence-electron chi connectivity index (χ2n) is 5.27. The van der Waals surface area contributed by atoms with E-state index in [1.165, 1.54) is 11.3 Å². The van der Waals surface area contributed by atoms with Crippen LogP contribution < -0.4 is 10.6 Å². The van der Waals surface area contributed by atoms with Crippen molar-refractivity contribution in [3.8, 4) is 11.3 Å². The Morgan fingerprint density at radius 3 is 2.62 bits per heavy atom. The van der Waals surface area contributed by atoms with Gasteiger partial charge < -0.3 is 10.6 Å². The van der Waals surface area contributed by atoms with Gasteiger partial charge in [-0.05, 0) is 12.8 Å². The van der Waals surface area contributed by atoms with Crippen molar-refractivity contribution in [2.45, 2.75) is 25.7 Å². The van der Waals surface area contributed by atoms with Gasteiger partial charge >= 0.3 is 0 Å². The molecule has 2 N–H and O–H groups in total. The summed E-state index contributed by atoms with van der Waals surface area (Å²) in [6.07, 6.45) is 3.01. The fourth-order valence-corrected chi connectivity index (χ4v) is 2.97. The quantitative estimate of drug-likeness (QED) is 0.473. The molecule has 0 fully saturated rings. The number of carbonyl (C=O) groups excluding carboxylic acids is 2. The summed E-state index contributed by atoms with van der Waals surface area (Å²) in [6, 6.07) is 9.87. The summed E-state index contributed by atoms with van der Waals surface area (Å²) in [7, 11) is 0. The molecule has 5 nitrogen and oxygen atoms in total. The van der Waals surface area contributed by atoms with Gasteiger partial charge in [0, 0.05) is 23.9 Å². The summed E-state index contributed by atoms with van der Waals surface area (Å²) in [5, 5.41) is 8.16. The van der Waals surface area contributed by atoms with E-state index in [-0.39, 0.29) is 17.6 Å². The van der Waals surface area contributed by atoms with Crippen LogP contribution >= 0.6 is 24.0 Å². The molecule has 0 bridgehead atoms. The first-order chi connectivity index (χ1) is 11.7. The number of amides is 2. The van der Waals surface area contributed by atoms with Crippen LogP contribution in [0.1, 0.15) is 25.7 Å². The third-order valence-corrected chi connectivity index (χ3v) is 4.41. The largest absolute Gasteiger partial charge is 0.355 e. The van der Waals surface area contributed by atoms with Crippen LogP contribution in [-0.4, -0.2) is 29.1 Å². The first-order valence-corrected chi connectivity index (χ1v) is 9.38. The molecule has 1 heterocycles. The van der Waals surface area contributed by atoms with E-state index in [0.29, 0.717) is 18.1 Å². The summed E-state index contributed by atoms with van der Waals surface area (Å²) >= 11 is 5.32. The van der Waals surface area contributed by atoms with Gasteiger partial charge in [0.2, 0.25) is 11.8 Å². The number of thiazole rings is 1. The van der Waals surface area contributed by atoms with E-state index in [4.69, 9.17) is 0 Å². The lowest BCUT2D eigenvalue weighted by atomic mass is 10.2. The van der Waals surface area contributed by atoms with Gasteiger partial charge in [-0.3, -0.25) is 9.59 Å². The lowest BCUT2D eigenvalue weighted by molar-refractivity contribution is -0.118. The van der Waals surface area contributed by atoms with Crippen LogP contribution in [0.3, 0.4) is 0 Å². The summed E-state index contributed by atoms with van der Waals surface area (Å²) < 4.78 is 0. The minimum atomic E-state index is -0.0610. The number of unbranched alkanes of at least 4 members (excludes halogenated alkanes) is 2. The molecule has 0 radical (unpaired) electrons. The highest BCUT2D eigenvalue weighted by Gasteiger charge is 2.07. The molecule has 1 aromatic carbocycles. The fraction of sp³-hybridized carbons (Fsp3) is 0.353. The van der Waals surface area contributed by atoms with E-state index in [1.807, 2.05) is 35.7 Å². The topological polar surface area (TPSA) is 71.1 Å². The monoisotopic (exact) mass is 363 g/mol. The Hall–Kier alpha value is -1.86. The average molecular weight is 364 g/mol. The molecule has 0 aliphatic carbocycles. The van der Waals surface area contributed by atoms with E-state index in [1.54, 1.807) is 0 Å². The van der Waals surface area contributed by atoms with E-state index in [9.17, 15) is 9.59 Å². The number of hydrogen-bond donors (Lipinski definition) is 3. The number of hydrogen-bond acceptors (Lipinski definition) is 5. The Morgan fingerprint density at radius 1 is 1.08 bits per heavy atom. The smallest absolute Gasteiger partial charge is 0.229 e. The molecule has 24 heavy (non-hydrogen) atoms. The van der Waals surface area contributed by atoms with Gasteiger partial charge in [-0.2, -0.15) is 12.6 Å². The Balaban J connectivity index is 1.66. The normalized spacial score (nSPS) is 10.4. The van der Waals surface area contributed by atoms with E-state index in [0.717, 1.165) is 30.5 Å². The van der Waals surface area contributed by atoms with Crippen molar-refractivity contribution in [3.05, 3.63) is 35.7 Å². The van der Waals surface area contributed by atoms with Crippen LogP contribution in [0.15, 0.2) is 35.7 Å². The van der Waals surface area contributed by atoms with E-state index in [2.05, 4.69) is 28.2 Å².